The molecule has 39 heavy (non-hydrogen) atoms. The quantitative estimate of drug-likeness (QED) is 0.264. The number of carbonyl (C=O) groups is 1. The van der Waals surface area contributed by atoms with E-state index in [1.807, 2.05) is 78.7 Å². The van der Waals surface area contributed by atoms with Crippen LogP contribution in [0, 0.1) is 6.92 Å². The van der Waals surface area contributed by atoms with Crippen LogP contribution in [0.1, 0.15) is 58.3 Å². The van der Waals surface area contributed by atoms with E-state index < -0.39 is 5.54 Å². The topological polar surface area (TPSA) is 111 Å². The van der Waals surface area contributed by atoms with E-state index in [1.165, 1.54) is 0 Å². The molecule has 6 rings (SSSR count). The second-order valence-electron chi connectivity index (χ2n) is 10.3. The Labute approximate surface area is 230 Å². The number of amides is 1. The first kappa shape index (κ1) is 25.2. The number of benzene rings is 2. The number of nitrogens with zero attached hydrogens (tertiary/aromatic N) is 4. The van der Waals surface area contributed by atoms with Gasteiger partial charge in [0, 0.05) is 34.3 Å². The van der Waals surface area contributed by atoms with E-state index in [2.05, 4.69) is 15.2 Å². The molecule has 5 aromatic rings. The summed E-state index contributed by atoms with van der Waals surface area (Å²) in [4.78, 5) is 20.5. The molecule has 0 aliphatic carbocycles. The highest BCUT2D eigenvalue weighted by atomic mass is 32.1. The Kier molecular flexibility index (Phi) is 6.62. The molecule has 1 aliphatic heterocycles. The van der Waals surface area contributed by atoms with Gasteiger partial charge in [-0.2, -0.15) is 0 Å². The first-order valence-electron chi connectivity index (χ1n) is 13.0. The van der Waals surface area contributed by atoms with Gasteiger partial charge in [-0.1, -0.05) is 30.3 Å². The first-order chi connectivity index (χ1) is 18.9. The number of carbonyl (C=O) groups excluding carboxylic acids is 1. The van der Waals surface area contributed by atoms with Crippen molar-refractivity contribution in [3.63, 3.8) is 0 Å². The summed E-state index contributed by atoms with van der Waals surface area (Å²) >= 11 is 1.61. The fourth-order valence-electron chi connectivity index (χ4n) is 5.09. The Morgan fingerprint density at radius 1 is 1.13 bits per heavy atom. The van der Waals surface area contributed by atoms with Crippen molar-refractivity contribution in [2.75, 3.05) is 6.54 Å². The van der Waals surface area contributed by atoms with Gasteiger partial charge in [-0.3, -0.25) is 4.79 Å². The minimum absolute atomic E-state index is 0.0248. The lowest BCUT2D eigenvalue weighted by Gasteiger charge is -2.23. The maximum absolute atomic E-state index is 13.9. The van der Waals surface area contributed by atoms with Crippen molar-refractivity contribution in [2.45, 2.75) is 44.7 Å². The smallest absolute Gasteiger partial charge is 0.254 e. The van der Waals surface area contributed by atoms with Gasteiger partial charge in [0.1, 0.15) is 5.01 Å². The fraction of sp³-hybridized carbons (Fsp3) is 0.267. The highest BCUT2D eigenvalue weighted by Gasteiger charge is 2.33. The van der Waals surface area contributed by atoms with Crippen LogP contribution in [-0.4, -0.2) is 32.5 Å². The second-order valence-corrected chi connectivity index (χ2v) is 11.2. The molecule has 0 unspecified atom stereocenters. The summed E-state index contributed by atoms with van der Waals surface area (Å²) in [6, 6.07) is 17.4. The predicted octanol–water partition coefficient (Wildman–Crippen LogP) is 6.16. The molecule has 198 valence electrons. The monoisotopic (exact) mass is 539 g/mol. The van der Waals surface area contributed by atoms with E-state index in [0.717, 1.165) is 40.2 Å². The molecule has 1 aliphatic rings. The number of rotatable bonds is 7. The van der Waals surface area contributed by atoms with Crippen molar-refractivity contribution >= 4 is 17.2 Å². The lowest BCUT2D eigenvalue weighted by molar-refractivity contribution is 0.0735. The van der Waals surface area contributed by atoms with Crippen molar-refractivity contribution in [3.05, 3.63) is 100 Å². The number of furan rings is 1. The Bertz CT molecular complexity index is 1590. The van der Waals surface area contributed by atoms with Gasteiger partial charge in [0.25, 0.3) is 5.91 Å². The van der Waals surface area contributed by atoms with Gasteiger partial charge in [0.05, 0.1) is 24.1 Å². The zero-order valence-electron chi connectivity index (χ0n) is 21.8. The second kappa shape index (κ2) is 10.2. The van der Waals surface area contributed by atoms with Crippen LogP contribution in [0.25, 0.3) is 22.6 Å². The number of hydrogen-bond acceptors (Lipinski definition) is 8. The average molecular weight is 540 g/mol. The number of thiazole rings is 1. The van der Waals surface area contributed by atoms with Crippen molar-refractivity contribution < 1.29 is 13.6 Å². The van der Waals surface area contributed by atoms with Gasteiger partial charge in [-0.25, -0.2) is 4.98 Å². The highest BCUT2D eigenvalue weighted by Crippen LogP contribution is 2.36. The molecule has 8 nitrogen and oxygen atoms in total. The zero-order chi connectivity index (χ0) is 27.0. The van der Waals surface area contributed by atoms with E-state index >= 15 is 0 Å². The van der Waals surface area contributed by atoms with Gasteiger partial charge in [-0.05, 0) is 68.5 Å². The van der Waals surface area contributed by atoms with Gasteiger partial charge in [0.15, 0.2) is 0 Å². The van der Waals surface area contributed by atoms with E-state index in [4.69, 9.17) is 14.6 Å². The molecule has 0 spiro atoms. The van der Waals surface area contributed by atoms with E-state index in [-0.39, 0.29) is 11.9 Å². The Morgan fingerprint density at radius 3 is 2.69 bits per heavy atom. The van der Waals surface area contributed by atoms with Crippen LogP contribution in [0.2, 0.25) is 0 Å². The summed E-state index contributed by atoms with van der Waals surface area (Å²) in [5, 5.41) is 11.6. The maximum Gasteiger partial charge on any atom is 0.254 e. The normalized spacial score (nSPS) is 16.9. The number of hydrogen-bond donors (Lipinski definition) is 1. The summed E-state index contributed by atoms with van der Waals surface area (Å²) in [6.45, 7) is 4.54. The third-order valence-electron chi connectivity index (χ3n) is 7.04. The zero-order valence-corrected chi connectivity index (χ0v) is 22.6. The van der Waals surface area contributed by atoms with E-state index in [1.54, 1.807) is 23.9 Å². The molecule has 1 saturated heterocycles. The van der Waals surface area contributed by atoms with Gasteiger partial charge >= 0.3 is 0 Å². The summed E-state index contributed by atoms with van der Waals surface area (Å²) in [7, 11) is 0. The lowest BCUT2D eigenvalue weighted by atomic mass is 9.94. The third kappa shape index (κ3) is 5.15. The predicted molar refractivity (Wildman–Crippen MR) is 149 cm³/mol. The molecular weight excluding hydrogens is 510 g/mol. The summed E-state index contributed by atoms with van der Waals surface area (Å²) in [5.41, 5.74) is 10.7. The van der Waals surface area contributed by atoms with Crippen LogP contribution in [0.4, 0.5) is 0 Å². The minimum Gasteiger partial charge on any atom is -0.472 e. The maximum atomic E-state index is 13.9. The SMILES string of the molecule is Cc1csc([C@H]2CCCN2C(=O)c2cc(-c3ccoc3)cc(-c3nnc([C@@](C)(N)Cc4ccccc4)o3)c2)n1. The average Bonchev–Trinajstić information content (AvgIpc) is 3.74. The van der Waals surface area contributed by atoms with Crippen LogP contribution < -0.4 is 5.73 Å². The van der Waals surface area contributed by atoms with E-state index in [9.17, 15) is 4.79 Å². The Hall–Kier alpha value is -4.08. The van der Waals surface area contributed by atoms with Crippen LogP contribution in [0.5, 0.6) is 0 Å². The summed E-state index contributed by atoms with van der Waals surface area (Å²) in [5.74, 6) is 0.591. The van der Waals surface area contributed by atoms with Gasteiger partial charge in [0.2, 0.25) is 11.8 Å². The number of aromatic nitrogens is 3. The first-order valence-corrected chi connectivity index (χ1v) is 13.8. The third-order valence-corrected chi connectivity index (χ3v) is 8.11. The molecular formula is C30H29N5O3S. The molecule has 2 aromatic carbocycles. The number of aryl methyl sites for hydroxylation is 1. The van der Waals surface area contributed by atoms with E-state index in [0.29, 0.717) is 35.9 Å². The van der Waals surface area contributed by atoms with Crippen molar-refractivity contribution in [1.29, 1.82) is 0 Å². The lowest BCUT2D eigenvalue weighted by Crippen LogP contribution is -2.35. The number of nitrogens with two attached hydrogens (primary N) is 1. The number of likely N-dealkylation sites (tertiary alicyclic amines) is 1. The molecule has 9 heteroatoms. The largest absolute Gasteiger partial charge is 0.472 e. The molecule has 1 amide bonds. The van der Waals surface area contributed by atoms with Crippen LogP contribution in [0.3, 0.4) is 0 Å². The Morgan fingerprint density at radius 2 is 1.95 bits per heavy atom. The molecule has 0 saturated carbocycles. The summed E-state index contributed by atoms with van der Waals surface area (Å²) in [6.07, 6.45) is 5.64. The summed E-state index contributed by atoms with van der Waals surface area (Å²) < 4.78 is 11.5. The van der Waals surface area contributed by atoms with Crippen molar-refractivity contribution in [1.82, 2.24) is 20.1 Å². The fourth-order valence-corrected chi connectivity index (χ4v) is 6.04. The van der Waals surface area contributed by atoms with Crippen LogP contribution in [-0.2, 0) is 12.0 Å². The van der Waals surface area contributed by atoms with Crippen LogP contribution in [0.15, 0.2) is 81.3 Å². The van der Waals surface area contributed by atoms with Crippen LogP contribution >= 0.6 is 11.3 Å². The molecule has 3 aromatic heterocycles. The van der Waals surface area contributed by atoms with Crippen molar-refractivity contribution in [2.24, 2.45) is 5.73 Å². The van der Waals surface area contributed by atoms with Crippen molar-refractivity contribution in [3.8, 4) is 22.6 Å². The molecule has 0 radical (unpaired) electrons. The van der Waals surface area contributed by atoms with Gasteiger partial charge in [-0.15, -0.1) is 21.5 Å². The molecule has 0 bridgehead atoms. The molecule has 4 heterocycles. The Balaban J connectivity index is 1.35. The minimum atomic E-state index is -0.859. The molecule has 1 fully saturated rings. The molecule has 2 atom stereocenters. The standard InChI is InChI=1S/C30H29N5O3S/c1-19-18-39-27(32-19)25-9-6-11-35(25)28(36)24-14-22(21-10-12-37-17-21)13-23(15-24)26-33-34-29(38-26)30(2,31)16-20-7-4-3-5-8-20/h3-5,7-8,10,12-15,17-18,25H,6,9,11,16,31H2,1-2H3/t25-,30+/m1/s1. The highest BCUT2D eigenvalue weighted by molar-refractivity contribution is 7.09. The molecule has 2 N–H and O–H groups in total. The van der Waals surface area contributed by atoms with Gasteiger partial charge < -0.3 is 19.5 Å².